The summed E-state index contributed by atoms with van der Waals surface area (Å²) < 4.78 is 26.8. The number of anilines is 2. The molecular formula is C21H24FN7O3. The molecule has 3 aromatic rings. The second-order valence-corrected chi connectivity index (χ2v) is 7.21. The molecule has 1 aromatic carbocycles. The normalized spacial score (nSPS) is 15.5. The second kappa shape index (κ2) is 9.71. The maximum Gasteiger partial charge on any atom is 0.251 e. The smallest absolute Gasteiger partial charge is 0.251 e. The van der Waals surface area contributed by atoms with Gasteiger partial charge >= 0.3 is 0 Å². The molecule has 0 aliphatic carbocycles. The van der Waals surface area contributed by atoms with Gasteiger partial charge in [0, 0.05) is 25.0 Å². The number of aromatic nitrogens is 4. The molecule has 3 N–H and O–H groups in total. The minimum atomic E-state index is -0.474. The number of nitrogens with one attached hydrogen (secondary N) is 3. The molecule has 0 spiro atoms. The van der Waals surface area contributed by atoms with Crippen LogP contribution in [-0.2, 0) is 17.6 Å². The van der Waals surface area contributed by atoms with Crippen molar-refractivity contribution in [3.05, 3.63) is 59.4 Å². The van der Waals surface area contributed by atoms with Crippen molar-refractivity contribution < 1.29 is 18.7 Å². The highest BCUT2D eigenvalue weighted by Gasteiger charge is 2.18. The molecule has 1 aliphatic heterocycles. The third-order valence-electron chi connectivity index (χ3n) is 5.09. The average molecular weight is 441 g/mol. The van der Waals surface area contributed by atoms with Gasteiger partial charge in [-0.1, -0.05) is 0 Å². The Morgan fingerprint density at radius 3 is 2.81 bits per heavy atom. The van der Waals surface area contributed by atoms with Crippen molar-refractivity contribution in [3.8, 4) is 5.75 Å². The molecule has 0 bridgehead atoms. The van der Waals surface area contributed by atoms with E-state index < -0.39 is 5.82 Å². The van der Waals surface area contributed by atoms with Gasteiger partial charge in [-0.25, -0.2) is 14.4 Å². The van der Waals surface area contributed by atoms with Gasteiger partial charge in [0.1, 0.15) is 6.17 Å². The number of aryl methyl sites for hydroxylation is 2. The molecule has 1 atom stereocenters. The summed E-state index contributed by atoms with van der Waals surface area (Å²) in [6.45, 7) is 1.06. The Bertz CT molecular complexity index is 1080. The van der Waals surface area contributed by atoms with Crippen LogP contribution in [0.2, 0.25) is 0 Å². The monoisotopic (exact) mass is 441 g/mol. The summed E-state index contributed by atoms with van der Waals surface area (Å²) in [5, 5.41) is 13.1. The van der Waals surface area contributed by atoms with Gasteiger partial charge in [-0.3, -0.25) is 14.8 Å². The van der Waals surface area contributed by atoms with Gasteiger partial charge in [0.05, 0.1) is 38.5 Å². The van der Waals surface area contributed by atoms with Gasteiger partial charge < -0.3 is 20.1 Å². The van der Waals surface area contributed by atoms with Crippen LogP contribution >= 0.6 is 0 Å². The van der Waals surface area contributed by atoms with E-state index in [2.05, 4.69) is 31.0 Å². The standard InChI is InChI=1S/C21H24FN7O3/c1-23-20(30)15-5-14(19(22)17(6-15)31-2)4-3-13-7-24-21(25-8-13)28-16-9-27-29(10-16)18-11-32-12-26-18/h5-10,18,26H,3-4,11-12H2,1-2H3,(H,23,30)(H,24,25,28)/t18-/m0/s1. The quantitative estimate of drug-likeness (QED) is 0.485. The summed E-state index contributed by atoms with van der Waals surface area (Å²) in [7, 11) is 2.90. The Kier molecular flexibility index (Phi) is 6.57. The molecule has 10 nitrogen and oxygen atoms in total. The minimum absolute atomic E-state index is 0.00904. The van der Waals surface area contributed by atoms with E-state index in [0.717, 1.165) is 11.3 Å². The summed E-state index contributed by atoms with van der Waals surface area (Å²) in [4.78, 5) is 20.6. The highest BCUT2D eigenvalue weighted by atomic mass is 19.1. The predicted octanol–water partition coefficient (Wildman–Crippen LogP) is 1.79. The van der Waals surface area contributed by atoms with Crippen molar-refractivity contribution in [2.75, 3.05) is 32.8 Å². The van der Waals surface area contributed by atoms with Crippen LogP contribution in [0.5, 0.6) is 5.75 Å². The fraction of sp³-hybridized carbons (Fsp3) is 0.333. The molecule has 1 saturated heterocycles. The molecule has 1 amide bonds. The maximum absolute atomic E-state index is 14.6. The third-order valence-corrected chi connectivity index (χ3v) is 5.09. The van der Waals surface area contributed by atoms with Crippen LogP contribution < -0.4 is 20.7 Å². The van der Waals surface area contributed by atoms with Crippen molar-refractivity contribution in [1.29, 1.82) is 0 Å². The van der Waals surface area contributed by atoms with Crippen LogP contribution in [0.1, 0.15) is 27.7 Å². The molecule has 0 saturated carbocycles. The van der Waals surface area contributed by atoms with E-state index in [1.807, 2.05) is 6.20 Å². The lowest BCUT2D eigenvalue weighted by Gasteiger charge is -2.11. The van der Waals surface area contributed by atoms with Gasteiger partial charge in [0.15, 0.2) is 11.6 Å². The Morgan fingerprint density at radius 1 is 1.31 bits per heavy atom. The van der Waals surface area contributed by atoms with Crippen molar-refractivity contribution in [2.24, 2.45) is 0 Å². The van der Waals surface area contributed by atoms with Gasteiger partial charge in [-0.15, -0.1) is 0 Å². The molecular weight excluding hydrogens is 417 g/mol. The summed E-state index contributed by atoms with van der Waals surface area (Å²) in [5.41, 5.74) is 2.33. The van der Waals surface area contributed by atoms with E-state index in [0.29, 0.717) is 43.3 Å². The van der Waals surface area contributed by atoms with Crippen LogP contribution in [0, 0.1) is 5.82 Å². The Labute approximate surface area is 184 Å². The molecule has 1 fully saturated rings. The maximum atomic E-state index is 14.6. The van der Waals surface area contributed by atoms with Crippen LogP contribution in [0.4, 0.5) is 16.0 Å². The first-order valence-corrected chi connectivity index (χ1v) is 10.1. The Hall–Kier alpha value is -3.57. The number of nitrogens with zero attached hydrogens (tertiary/aromatic N) is 4. The van der Waals surface area contributed by atoms with E-state index in [1.54, 1.807) is 23.3 Å². The number of amides is 1. The third kappa shape index (κ3) is 4.84. The van der Waals surface area contributed by atoms with Crippen molar-refractivity contribution >= 4 is 17.5 Å². The van der Waals surface area contributed by atoms with Crippen molar-refractivity contribution in [3.63, 3.8) is 0 Å². The number of hydrogen-bond acceptors (Lipinski definition) is 8. The predicted molar refractivity (Wildman–Crippen MR) is 114 cm³/mol. The van der Waals surface area contributed by atoms with E-state index in [1.165, 1.54) is 26.3 Å². The van der Waals surface area contributed by atoms with Crippen molar-refractivity contribution in [2.45, 2.75) is 19.0 Å². The first-order chi connectivity index (χ1) is 15.6. The first kappa shape index (κ1) is 21.7. The Morgan fingerprint density at radius 2 is 2.12 bits per heavy atom. The van der Waals surface area contributed by atoms with E-state index in [-0.39, 0.29) is 17.8 Å². The number of rotatable bonds is 8. The zero-order valence-electron chi connectivity index (χ0n) is 17.8. The molecule has 1 aliphatic rings. The fourth-order valence-corrected chi connectivity index (χ4v) is 3.35. The summed E-state index contributed by atoms with van der Waals surface area (Å²) in [5.74, 6) is -0.309. The van der Waals surface area contributed by atoms with Gasteiger partial charge in [-0.2, -0.15) is 5.10 Å². The van der Waals surface area contributed by atoms with Crippen LogP contribution in [-0.4, -0.2) is 53.2 Å². The molecule has 168 valence electrons. The molecule has 2 aromatic heterocycles. The Balaban J connectivity index is 1.39. The number of hydrogen-bond donors (Lipinski definition) is 3. The number of methoxy groups -OCH3 is 1. The van der Waals surface area contributed by atoms with Gasteiger partial charge in [0.2, 0.25) is 5.95 Å². The number of halogens is 1. The fourth-order valence-electron chi connectivity index (χ4n) is 3.35. The summed E-state index contributed by atoms with van der Waals surface area (Å²) in [6.07, 6.45) is 7.78. The molecule has 0 radical (unpaired) electrons. The van der Waals surface area contributed by atoms with Gasteiger partial charge in [-0.05, 0) is 36.1 Å². The van der Waals surface area contributed by atoms with Gasteiger partial charge in [0.25, 0.3) is 5.91 Å². The lowest BCUT2D eigenvalue weighted by Crippen LogP contribution is -2.21. The summed E-state index contributed by atoms with van der Waals surface area (Å²) >= 11 is 0. The van der Waals surface area contributed by atoms with Crippen molar-refractivity contribution in [1.82, 2.24) is 30.4 Å². The molecule has 3 heterocycles. The lowest BCUT2D eigenvalue weighted by atomic mass is 10.0. The summed E-state index contributed by atoms with van der Waals surface area (Å²) in [6, 6.07) is 2.93. The second-order valence-electron chi connectivity index (χ2n) is 7.21. The van der Waals surface area contributed by atoms with Crippen LogP contribution in [0.25, 0.3) is 0 Å². The van der Waals surface area contributed by atoms with E-state index in [4.69, 9.17) is 9.47 Å². The number of benzene rings is 1. The molecule has 4 rings (SSSR count). The molecule has 11 heteroatoms. The topological polar surface area (TPSA) is 115 Å². The van der Waals surface area contributed by atoms with Crippen LogP contribution in [0.15, 0.2) is 36.9 Å². The van der Waals surface area contributed by atoms with E-state index >= 15 is 0 Å². The highest BCUT2D eigenvalue weighted by Crippen LogP contribution is 2.24. The number of carbonyl (C=O) groups excluding carboxylic acids is 1. The van der Waals surface area contributed by atoms with Crippen LogP contribution in [0.3, 0.4) is 0 Å². The molecule has 0 unspecified atom stereocenters. The molecule has 32 heavy (non-hydrogen) atoms. The highest BCUT2D eigenvalue weighted by molar-refractivity contribution is 5.94. The first-order valence-electron chi connectivity index (χ1n) is 10.1. The lowest BCUT2D eigenvalue weighted by molar-refractivity contribution is 0.0962. The zero-order chi connectivity index (χ0) is 22.5. The van der Waals surface area contributed by atoms with E-state index in [9.17, 15) is 9.18 Å². The number of carbonyl (C=O) groups is 1. The SMILES string of the molecule is CNC(=O)c1cc(CCc2cnc(Nc3cnn([C@H]4COCN4)c3)nc2)c(F)c(OC)c1. The number of ether oxygens (including phenoxy) is 2. The average Bonchev–Trinajstić information content (AvgIpc) is 3.51. The minimum Gasteiger partial charge on any atom is -0.494 e. The zero-order valence-corrected chi connectivity index (χ0v) is 17.8. The largest absolute Gasteiger partial charge is 0.494 e.